The third-order valence-electron chi connectivity index (χ3n) is 3.12. The predicted molar refractivity (Wildman–Crippen MR) is 58.7 cm³/mol. The van der Waals surface area contributed by atoms with Crippen LogP contribution in [-0.2, 0) is 14.3 Å². The monoisotopic (exact) mass is 223 g/mol. The summed E-state index contributed by atoms with van der Waals surface area (Å²) in [5, 5.41) is 0. The van der Waals surface area contributed by atoms with Crippen LogP contribution >= 0.6 is 0 Å². The fraction of sp³-hybridized carbons (Fsp3) is 0.667. The molecule has 2 rings (SSSR count). The Morgan fingerprint density at radius 3 is 2.38 bits per heavy atom. The van der Waals surface area contributed by atoms with E-state index in [1.54, 1.807) is 0 Å². The van der Waals surface area contributed by atoms with Crippen LogP contribution in [0.1, 0.15) is 32.1 Å². The average molecular weight is 223 g/mol. The molecule has 0 N–H and O–H groups in total. The average Bonchev–Trinajstić information content (AvgIpc) is 2.62. The smallest absolute Gasteiger partial charge is 0.253 e. The molecule has 4 nitrogen and oxygen atoms in total. The summed E-state index contributed by atoms with van der Waals surface area (Å²) >= 11 is 0. The summed E-state index contributed by atoms with van der Waals surface area (Å²) in [4.78, 5) is 23.7. The molecule has 16 heavy (non-hydrogen) atoms. The summed E-state index contributed by atoms with van der Waals surface area (Å²) in [7, 11) is 0. The minimum absolute atomic E-state index is 0.225. The van der Waals surface area contributed by atoms with Crippen LogP contribution in [0.5, 0.6) is 0 Å². The number of carbonyl (C=O) groups is 2. The summed E-state index contributed by atoms with van der Waals surface area (Å²) in [6, 6.07) is 0. The zero-order valence-electron chi connectivity index (χ0n) is 9.35. The molecule has 2 aliphatic rings. The first-order chi connectivity index (χ1) is 7.77. The topological polar surface area (TPSA) is 46.6 Å². The highest BCUT2D eigenvalue weighted by atomic mass is 16.5. The van der Waals surface area contributed by atoms with Gasteiger partial charge in [-0.15, -0.1) is 0 Å². The van der Waals surface area contributed by atoms with Gasteiger partial charge in [0.15, 0.2) is 0 Å². The van der Waals surface area contributed by atoms with Gasteiger partial charge in [-0.25, -0.2) is 0 Å². The highest BCUT2D eigenvalue weighted by Gasteiger charge is 2.23. The second-order valence-electron chi connectivity index (χ2n) is 4.29. The van der Waals surface area contributed by atoms with E-state index in [1.165, 1.54) is 36.3 Å². The largest absolute Gasteiger partial charge is 0.376 e. The fourth-order valence-corrected chi connectivity index (χ4v) is 2.19. The van der Waals surface area contributed by atoms with E-state index in [9.17, 15) is 9.59 Å². The van der Waals surface area contributed by atoms with Crippen molar-refractivity contribution >= 4 is 11.8 Å². The van der Waals surface area contributed by atoms with Gasteiger partial charge in [0.25, 0.3) is 11.8 Å². The van der Waals surface area contributed by atoms with Gasteiger partial charge in [-0.2, -0.15) is 0 Å². The Morgan fingerprint density at radius 2 is 1.75 bits per heavy atom. The fourth-order valence-electron chi connectivity index (χ4n) is 2.19. The van der Waals surface area contributed by atoms with Crippen molar-refractivity contribution < 1.29 is 14.3 Å². The Balaban J connectivity index is 1.67. The first kappa shape index (κ1) is 11.3. The van der Waals surface area contributed by atoms with E-state index in [1.807, 2.05) is 0 Å². The molecule has 0 aromatic carbocycles. The molecule has 0 saturated heterocycles. The molecule has 0 unspecified atom stereocenters. The molecule has 0 aromatic heterocycles. The molecule has 88 valence electrons. The van der Waals surface area contributed by atoms with Gasteiger partial charge in [0.1, 0.15) is 0 Å². The Bertz CT molecular complexity index is 287. The maximum absolute atomic E-state index is 11.2. The lowest BCUT2D eigenvalue weighted by Crippen LogP contribution is -2.34. The molecule has 0 radical (unpaired) electrons. The number of hydrogen-bond donors (Lipinski definition) is 0. The normalized spacial score (nSPS) is 22.1. The third kappa shape index (κ3) is 2.70. The molecule has 1 aliphatic carbocycles. The Morgan fingerprint density at radius 1 is 1.12 bits per heavy atom. The third-order valence-corrected chi connectivity index (χ3v) is 3.12. The van der Waals surface area contributed by atoms with Gasteiger partial charge in [-0.3, -0.25) is 14.5 Å². The van der Waals surface area contributed by atoms with Crippen molar-refractivity contribution in [2.45, 2.75) is 38.2 Å². The van der Waals surface area contributed by atoms with Gasteiger partial charge in [0.05, 0.1) is 19.3 Å². The minimum Gasteiger partial charge on any atom is -0.376 e. The number of hydrogen-bond acceptors (Lipinski definition) is 3. The van der Waals surface area contributed by atoms with Crippen LogP contribution in [0.15, 0.2) is 12.2 Å². The molecular weight excluding hydrogens is 206 g/mol. The van der Waals surface area contributed by atoms with Gasteiger partial charge in [0, 0.05) is 12.2 Å². The number of nitrogens with zero attached hydrogens (tertiary/aromatic N) is 1. The Kier molecular flexibility index (Phi) is 3.72. The molecule has 0 bridgehead atoms. The second kappa shape index (κ2) is 5.25. The van der Waals surface area contributed by atoms with E-state index < -0.39 is 0 Å². The maximum Gasteiger partial charge on any atom is 0.253 e. The van der Waals surface area contributed by atoms with E-state index in [-0.39, 0.29) is 11.8 Å². The van der Waals surface area contributed by atoms with Crippen LogP contribution in [0.3, 0.4) is 0 Å². The first-order valence-corrected chi connectivity index (χ1v) is 5.92. The van der Waals surface area contributed by atoms with E-state index in [2.05, 4.69) is 0 Å². The van der Waals surface area contributed by atoms with Crippen LogP contribution in [0.25, 0.3) is 0 Å². The quantitative estimate of drug-likeness (QED) is 0.674. The molecule has 2 amide bonds. The molecule has 1 aliphatic heterocycles. The van der Waals surface area contributed by atoms with Crippen molar-refractivity contribution in [3.8, 4) is 0 Å². The highest BCUT2D eigenvalue weighted by Crippen LogP contribution is 2.20. The molecule has 1 heterocycles. The Hall–Kier alpha value is -1.16. The van der Waals surface area contributed by atoms with Crippen molar-refractivity contribution in [2.75, 3.05) is 13.2 Å². The van der Waals surface area contributed by atoms with Crippen LogP contribution < -0.4 is 0 Å². The molecule has 4 heteroatoms. The lowest BCUT2D eigenvalue weighted by atomic mass is 9.98. The summed E-state index contributed by atoms with van der Waals surface area (Å²) in [6.45, 7) is 0.838. The second-order valence-corrected chi connectivity index (χ2v) is 4.29. The van der Waals surface area contributed by atoms with E-state index in [4.69, 9.17) is 4.74 Å². The van der Waals surface area contributed by atoms with E-state index in [0.717, 1.165) is 12.8 Å². The van der Waals surface area contributed by atoms with E-state index >= 15 is 0 Å². The molecular formula is C12H17NO3. The van der Waals surface area contributed by atoms with Gasteiger partial charge in [-0.05, 0) is 12.8 Å². The zero-order chi connectivity index (χ0) is 11.4. The SMILES string of the molecule is O=C1C=CC(=O)N1CCOC1CCCCC1. The summed E-state index contributed by atoms with van der Waals surface area (Å²) in [5.41, 5.74) is 0. The lowest BCUT2D eigenvalue weighted by Gasteiger charge is -2.23. The number of carbonyl (C=O) groups excluding carboxylic acids is 2. The first-order valence-electron chi connectivity index (χ1n) is 5.92. The summed E-state index contributed by atoms with van der Waals surface area (Å²) in [5.74, 6) is -0.450. The van der Waals surface area contributed by atoms with Crippen molar-refractivity contribution in [3.63, 3.8) is 0 Å². The summed E-state index contributed by atoms with van der Waals surface area (Å²) in [6.07, 6.45) is 8.93. The van der Waals surface area contributed by atoms with Gasteiger partial charge < -0.3 is 4.74 Å². The summed E-state index contributed by atoms with van der Waals surface area (Å²) < 4.78 is 5.67. The number of rotatable bonds is 4. The maximum atomic E-state index is 11.2. The molecule has 0 spiro atoms. The van der Waals surface area contributed by atoms with E-state index in [0.29, 0.717) is 19.3 Å². The van der Waals surface area contributed by atoms with Crippen molar-refractivity contribution in [2.24, 2.45) is 0 Å². The van der Waals surface area contributed by atoms with Gasteiger partial charge in [-0.1, -0.05) is 19.3 Å². The number of ether oxygens (including phenoxy) is 1. The molecule has 1 fully saturated rings. The predicted octanol–water partition coefficient (Wildman–Crippen LogP) is 1.26. The zero-order valence-corrected chi connectivity index (χ0v) is 9.35. The minimum atomic E-state index is -0.225. The molecule has 1 saturated carbocycles. The van der Waals surface area contributed by atoms with Crippen LogP contribution in [0.4, 0.5) is 0 Å². The van der Waals surface area contributed by atoms with Crippen LogP contribution in [0.2, 0.25) is 0 Å². The van der Waals surface area contributed by atoms with Crippen molar-refractivity contribution in [1.82, 2.24) is 4.90 Å². The number of imide groups is 1. The molecule has 0 aromatic rings. The molecule has 0 atom stereocenters. The Labute approximate surface area is 95.2 Å². The van der Waals surface area contributed by atoms with Crippen LogP contribution in [-0.4, -0.2) is 36.0 Å². The lowest BCUT2D eigenvalue weighted by molar-refractivity contribution is -0.138. The van der Waals surface area contributed by atoms with Crippen molar-refractivity contribution in [3.05, 3.63) is 12.2 Å². The van der Waals surface area contributed by atoms with Crippen molar-refractivity contribution in [1.29, 1.82) is 0 Å². The van der Waals surface area contributed by atoms with Gasteiger partial charge in [0.2, 0.25) is 0 Å². The number of amides is 2. The highest BCUT2D eigenvalue weighted by molar-refractivity contribution is 6.12. The standard InChI is InChI=1S/C12H17NO3/c14-11-6-7-12(15)13(11)8-9-16-10-4-2-1-3-5-10/h6-7,10H,1-5,8-9H2. The van der Waals surface area contributed by atoms with Gasteiger partial charge >= 0.3 is 0 Å². The van der Waals surface area contributed by atoms with Crippen LogP contribution in [0, 0.1) is 0 Å².